The van der Waals surface area contributed by atoms with E-state index in [-0.39, 0.29) is 0 Å². The number of anilines is 3. The van der Waals surface area contributed by atoms with Gasteiger partial charge in [0.1, 0.15) is 12.2 Å². The average molecular weight is 392 g/mol. The van der Waals surface area contributed by atoms with Crippen molar-refractivity contribution < 1.29 is 0 Å². The summed E-state index contributed by atoms with van der Waals surface area (Å²) in [5.74, 6) is 2.69. The molecule has 0 aliphatic carbocycles. The van der Waals surface area contributed by atoms with E-state index in [1.165, 1.54) is 17.8 Å². The van der Waals surface area contributed by atoms with Gasteiger partial charge in [0.25, 0.3) is 0 Å². The van der Waals surface area contributed by atoms with Crippen LogP contribution in [0.1, 0.15) is 38.4 Å². The van der Waals surface area contributed by atoms with Gasteiger partial charge in [-0.3, -0.25) is 0 Å². The third-order valence-electron chi connectivity index (χ3n) is 6.34. The number of hydrogen-bond donors (Lipinski definition) is 2. The SMILES string of the molecule is CCCCc1nc2c(N3CCC(C4Nc5ccccc5N4)CC3)ncnc2n1C. The fraction of sp³-hybridized carbons (Fsp3) is 0.500. The Morgan fingerprint density at radius 1 is 1.07 bits per heavy atom. The largest absolute Gasteiger partial charge is 0.363 e. The normalized spacial score (nSPS) is 17.4. The van der Waals surface area contributed by atoms with Gasteiger partial charge < -0.3 is 20.1 Å². The first-order valence-electron chi connectivity index (χ1n) is 10.8. The Labute approximate surface area is 171 Å². The Balaban J connectivity index is 1.30. The van der Waals surface area contributed by atoms with Crippen LogP contribution in [0.15, 0.2) is 30.6 Å². The van der Waals surface area contributed by atoms with Gasteiger partial charge in [-0.15, -0.1) is 0 Å². The second-order valence-electron chi connectivity index (χ2n) is 8.20. The van der Waals surface area contributed by atoms with E-state index < -0.39 is 0 Å². The number of nitrogens with zero attached hydrogens (tertiary/aromatic N) is 5. The van der Waals surface area contributed by atoms with Crippen LogP contribution in [0.25, 0.3) is 11.2 Å². The summed E-state index contributed by atoms with van der Waals surface area (Å²) in [4.78, 5) is 16.4. The number of aromatic nitrogens is 4. The maximum atomic E-state index is 4.92. The summed E-state index contributed by atoms with van der Waals surface area (Å²) in [7, 11) is 2.07. The number of fused-ring (bicyclic) bond motifs is 2. The van der Waals surface area contributed by atoms with Gasteiger partial charge in [-0.05, 0) is 31.4 Å². The van der Waals surface area contributed by atoms with Crippen LogP contribution in [-0.4, -0.2) is 38.8 Å². The van der Waals surface area contributed by atoms with Crippen LogP contribution in [0.2, 0.25) is 0 Å². The molecule has 152 valence electrons. The number of unbranched alkanes of at least 4 members (excludes halogenated alkanes) is 1. The lowest BCUT2D eigenvalue weighted by atomic mass is 9.94. The molecule has 0 radical (unpaired) electrons. The Morgan fingerprint density at radius 3 is 2.48 bits per heavy atom. The molecule has 0 bridgehead atoms. The molecule has 0 amide bonds. The van der Waals surface area contributed by atoms with E-state index in [2.05, 4.69) is 68.3 Å². The first kappa shape index (κ1) is 18.2. The molecule has 4 heterocycles. The van der Waals surface area contributed by atoms with Crippen LogP contribution in [0.3, 0.4) is 0 Å². The zero-order chi connectivity index (χ0) is 19.8. The Kier molecular flexibility index (Phi) is 4.73. The van der Waals surface area contributed by atoms with E-state index in [9.17, 15) is 0 Å². The zero-order valence-electron chi connectivity index (χ0n) is 17.2. The predicted molar refractivity (Wildman–Crippen MR) is 117 cm³/mol. The van der Waals surface area contributed by atoms with E-state index in [0.29, 0.717) is 12.1 Å². The van der Waals surface area contributed by atoms with Gasteiger partial charge in [0.2, 0.25) is 0 Å². The van der Waals surface area contributed by atoms with Crippen LogP contribution < -0.4 is 15.5 Å². The molecule has 0 unspecified atom stereocenters. The molecule has 0 atom stereocenters. The summed E-state index contributed by atoms with van der Waals surface area (Å²) in [5.41, 5.74) is 4.32. The Bertz CT molecular complexity index is 979. The molecule has 2 aliphatic heterocycles. The van der Waals surface area contributed by atoms with Crippen molar-refractivity contribution in [1.29, 1.82) is 0 Å². The number of aryl methyl sites for hydroxylation is 2. The highest BCUT2D eigenvalue weighted by Crippen LogP contribution is 2.35. The van der Waals surface area contributed by atoms with Crippen molar-refractivity contribution in [2.75, 3.05) is 28.6 Å². The third-order valence-corrected chi connectivity index (χ3v) is 6.34. The Morgan fingerprint density at radius 2 is 1.79 bits per heavy atom. The number of nitrogens with one attached hydrogen (secondary N) is 2. The molecule has 0 saturated carbocycles. The second kappa shape index (κ2) is 7.54. The molecule has 29 heavy (non-hydrogen) atoms. The van der Waals surface area contributed by atoms with E-state index >= 15 is 0 Å². The number of hydrogen-bond acceptors (Lipinski definition) is 6. The summed E-state index contributed by atoms with van der Waals surface area (Å²) >= 11 is 0. The minimum atomic E-state index is 0.315. The van der Waals surface area contributed by atoms with Crippen molar-refractivity contribution in [3.8, 4) is 0 Å². The van der Waals surface area contributed by atoms with Crippen molar-refractivity contribution in [3.05, 3.63) is 36.4 Å². The standard InChI is InChI=1S/C22H29N7/c1-3-4-9-18-27-19-21(28(18)2)23-14-24-22(19)29-12-10-15(11-13-29)20-25-16-7-5-6-8-17(16)26-20/h5-8,14-15,20,25-26H,3-4,9-13H2,1-2H3. The molecular weight excluding hydrogens is 362 g/mol. The first-order chi connectivity index (χ1) is 14.2. The number of rotatable bonds is 5. The monoisotopic (exact) mass is 391 g/mol. The molecular formula is C22H29N7. The molecule has 7 nitrogen and oxygen atoms in total. The van der Waals surface area contributed by atoms with E-state index in [1.807, 2.05) is 0 Å². The third kappa shape index (κ3) is 3.28. The van der Waals surface area contributed by atoms with Crippen LogP contribution >= 0.6 is 0 Å². The lowest BCUT2D eigenvalue weighted by Crippen LogP contribution is -2.42. The van der Waals surface area contributed by atoms with Gasteiger partial charge in [0.05, 0.1) is 17.5 Å². The Hall–Kier alpha value is -2.83. The maximum absolute atomic E-state index is 4.92. The first-order valence-corrected chi connectivity index (χ1v) is 10.8. The highest BCUT2D eigenvalue weighted by atomic mass is 15.2. The number of benzene rings is 1. The summed E-state index contributed by atoms with van der Waals surface area (Å²) in [6.45, 7) is 4.20. The summed E-state index contributed by atoms with van der Waals surface area (Å²) < 4.78 is 2.13. The van der Waals surface area contributed by atoms with Crippen LogP contribution in [0, 0.1) is 5.92 Å². The number of piperidine rings is 1. The van der Waals surface area contributed by atoms with Crippen molar-refractivity contribution in [2.45, 2.75) is 45.2 Å². The minimum absolute atomic E-state index is 0.315. The van der Waals surface area contributed by atoms with E-state index in [0.717, 1.165) is 61.6 Å². The average Bonchev–Trinajstić information content (AvgIpc) is 3.34. The zero-order valence-corrected chi connectivity index (χ0v) is 17.2. The van der Waals surface area contributed by atoms with Gasteiger partial charge in [0, 0.05) is 32.5 Å². The summed E-state index contributed by atoms with van der Waals surface area (Å²) in [5, 5.41) is 7.30. The lowest BCUT2D eigenvalue weighted by molar-refractivity contribution is 0.377. The number of para-hydroxylation sites is 2. The van der Waals surface area contributed by atoms with Crippen LogP contribution in [0.4, 0.5) is 17.2 Å². The van der Waals surface area contributed by atoms with Gasteiger partial charge >= 0.3 is 0 Å². The van der Waals surface area contributed by atoms with Gasteiger partial charge in [-0.2, -0.15) is 0 Å². The van der Waals surface area contributed by atoms with Crippen molar-refractivity contribution >= 4 is 28.4 Å². The number of imidazole rings is 1. The molecule has 7 heteroatoms. The van der Waals surface area contributed by atoms with Crippen molar-refractivity contribution in [1.82, 2.24) is 19.5 Å². The second-order valence-corrected chi connectivity index (χ2v) is 8.20. The van der Waals surface area contributed by atoms with Gasteiger partial charge in [-0.25, -0.2) is 15.0 Å². The molecule has 2 N–H and O–H groups in total. The predicted octanol–water partition coefficient (Wildman–Crippen LogP) is 3.79. The maximum Gasteiger partial charge on any atom is 0.165 e. The van der Waals surface area contributed by atoms with Crippen LogP contribution in [-0.2, 0) is 13.5 Å². The van der Waals surface area contributed by atoms with E-state index in [1.54, 1.807) is 6.33 Å². The molecule has 2 aliphatic rings. The minimum Gasteiger partial charge on any atom is -0.363 e. The van der Waals surface area contributed by atoms with Gasteiger partial charge in [-0.1, -0.05) is 25.5 Å². The molecule has 5 rings (SSSR count). The quantitative estimate of drug-likeness (QED) is 0.690. The van der Waals surface area contributed by atoms with Gasteiger partial charge in [0.15, 0.2) is 17.0 Å². The summed E-state index contributed by atoms with van der Waals surface area (Å²) in [6, 6.07) is 8.46. The molecule has 0 spiro atoms. The molecule has 2 aromatic heterocycles. The molecule has 1 fully saturated rings. The molecule has 1 saturated heterocycles. The summed E-state index contributed by atoms with van der Waals surface area (Å²) in [6.07, 6.45) is 7.56. The smallest absolute Gasteiger partial charge is 0.165 e. The van der Waals surface area contributed by atoms with Crippen LogP contribution in [0.5, 0.6) is 0 Å². The lowest BCUT2D eigenvalue weighted by Gasteiger charge is -2.35. The fourth-order valence-electron chi connectivity index (χ4n) is 4.61. The fourth-order valence-corrected chi connectivity index (χ4v) is 4.61. The van der Waals surface area contributed by atoms with E-state index in [4.69, 9.17) is 4.98 Å². The van der Waals surface area contributed by atoms with Crippen molar-refractivity contribution in [3.63, 3.8) is 0 Å². The molecule has 1 aromatic carbocycles. The highest BCUT2D eigenvalue weighted by molar-refractivity contribution is 5.84. The molecule has 3 aromatic rings. The van der Waals surface area contributed by atoms with Crippen molar-refractivity contribution in [2.24, 2.45) is 13.0 Å². The highest BCUT2D eigenvalue weighted by Gasteiger charge is 2.31. The topological polar surface area (TPSA) is 70.9 Å².